The van der Waals surface area contributed by atoms with Gasteiger partial charge in [0.15, 0.2) is 0 Å². The van der Waals surface area contributed by atoms with E-state index >= 15 is 0 Å². The molecule has 8 heteroatoms. The van der Waals surface area contributed by atoms with Crippen LogP contribution in [0, 0.1) is 0 Å². The molecule has 7 nitrogen and oxygen atoms in total. The van der Waals surface area contributed by atoms with Gasteiger partial charge in [-0.25, -0.2) is 8.42 Å². The van der Waals surface area contributed by atoms with Crippen molar-refractivity contribution >= 4 is 38.2 Å². The number of fused-ring (bicyclic) bond motifs is 1. The van der Waals surface area contributed by atoms with Crippen molar-refractivity contribution in [2.45, 2.75) is 11.4 Å². The van der Waals surface area contributed by atoms with Crippen LogP contribution in [0.2, 0.25) is 0 Å². The molecule has 0 radical (unpaired) electrons. The smallest absolute Gasteiger partial charge is 0.261 e. The van der Waals surface area contributed by atoms with Crippen LogP contribution in [0.15, 0.2) is 90.0 Å². The highest BCUT2D eigenvalue weighted by Crippen LogP contribution is 2.22. The van der Waals surface area contributed by atoms with Crippen LogP contribution in [0.4, 0.5) is 11.4 Å². The number of carbonyl (C=O) groups is 1. The van der Waals surface area contributed by atoms with E-state index in [0.717, 1.165) is 24.0 Å². The molecule has 4 rings (SSSR count). The maximum absolute atomic E-state index is 12.7. The summed E-state index contributed by atoms with van der Waals surface area (Å²) in [4.78, 5) is 14.9. The van der Waals surface area contributed by atoms with Crippen LogP contribution in [0.1, 0.15) is 10.4 Å². The lowest BCUT2D eigenvalue weighted by molar-refractivity contribution is 0.102. The van der Waals surface area contributed by atoms with Crippen molar-refractivity contribution in [2.75, 3.05) is 30.7 Å². The molecule has 0 saturated carbocycles. The summed E-state index contributed by atoms with van der Waals surface area (Å²) in [6.45, 7) is 1.82. The van der Waals surface area contributed by atoms with Gasteiger partial charge in [0, 0.05) is 47.1 Å². The summed E-state index contributed by atoms with van der Waals surface area (Å²) in [7, 11) is 0.351. The van der Waals surface area contributed by atoms with E-state index in [9.17, 15) is 13.2 Å². The summed E-state index contributed by atoms with van der Waals surface area (Å²) < 4.78 is 29.8. The van der Waals surface area contributed by atoms with Crippen molar-refractivity contribution < 1.29 is 13.2 Å². The van der Waals surface area contributed by atoms with Crippen LogP contribution >= 0.6 is 0 Å². The molecule has 1 aromatic heterocycles. The minimum absolute atomic E-state index is 0.0865. The maximum atomic E-state index is 12.7. The van der Waals surface area contributed by atoms with Crippen LogP contribution in [-0.4, -0.2) is 44.4 Å². The first-order chi connectivity index (χ1) is 15.8. The van der Waals surface area contributed by atoms with E-state index < -0.39 is 10.0 Å². The number of aromatic nitrogens is 1. The Kier molecular flexibility index (Phi) is 6.48. The van der Waals surface area contributed by atoms with Crippen molar-refractivity contribution in [3.8, 4) is 0 Å². The van der Waals surface area contributed by atoms with Crippen LogP contribution in [0.25, 0.3) is 10.9 Å². The highest BCUT2D eigenvalue weighted by atomic mass is 32.2. The van der Waals surface area contributed by atoms with Crippen LogP contribution in [-0.2, 0) is 16.6 Å². The number of rotatable bonds is 8. The second-order valence-corrected chi connectivity index (χ2v) is 9.72. The summed E-state index contributed by atoms with van der Waals surface area (Å²) >= 11 is 0. The number of sulfonamides is 1. The van der Waals surface area contributed by atoms with E-state index in [2.05, 4.69) is 19.5 Å². The zero-order chi connectivity index (χ0) is 23.4. The summed E-state index contributed by atoms with van der Waals surface area (Å²) in [5, 5.41) is 3.93. The van der Waals surface area contributed by atoms with Crippen molar-refractivity contribution in [2.24, 2.45) is 0 Å². The SMILES string of the molecule is CN(C)CCn1ccc2cc(NC(=O)c3ccc(S(=O)(=O)Nc4ccccc4)cc3)ccc21. The molecule has 0 bridgehead atoms. The Hall–Kier alpha value is -3.62. The lowest BCUT2D eigenvalue weighted by Crippen LogP contribution is -2.17. The normalized spacial score (nSPS) is 11.6. The Labute approximate surface area is 193 Å². The summed E-state index contributed by atoms with van der Waals surface area (Å²) in [6.07, 6.45) is 2.04. The fraction of sp³-hybridized carbons (Fsp3) is 0.160. The minimum atomic E-state index is -3.73. The molecule has 0 atom stereocenters. The van der Waals surface area contributed by atoms with Crippen LogP contribution < -0.4 is 10.0 Å². The zero-order valence-electron chi connectivity index (χ0n) is 18.5. The van der Waals surface area contributed by atoms with Gasteiger partial charge in [-0.3, -0.25) is 9.52 Å². The fourth-order valence-electron chi connectivity index (χ4n) is 3.49. The first kappa shape index (κ1) is 22.6. The Morgan fingerprint density at radius 3 is 2.33 bits per heavy atom. The molecule has 0 aliphatic rings. The number of likely N-dealkylation sites (N-methyl/N-ethyl adjacent to an activating group) is 1. The standard InChI is InChI=1S/C25H26N4O3S/c1-28(2)16-17-29-15-14-20-18-22(10-13-24(20)29)26-25(30)19-8-11-23(12-9-19)33(31,32)27-21-6-4-3-5-7-21/h3-15,18,27H,16-17H2,1-2H3,(H,26,30). The number of nitrogens with one attached hydrogen (secondary N) is 2. The van der Waals surface area contributed by atoms with Gasteiger partial charge in [-0.2, -0.15) is 0 Å². The lowest BCUT2D eigenvalue weighted by Gasteiger charge is -2.12. The lowest BCUT2D eigenvalue weighted by atomic mass is 10.2. The quantitative estimate of drug-likeness (QED) is 0.410. The average molecular weight is 463 g/mol. The Morgan fingerprint density at radius 1 is 0.909 bits per heavy atom. The molecule has 0 saturated heterocycles. The van der Waals surface area contributed by atoms with E-state index in [1.165, 1.54) is 24.3 Å². The van der Waals surface area contributed by atoms with Gasteiger partial charge in [0.05, 0.1) is 4.90 Å². The fourth-order valence-corrected chi connectivity index (χ4v) is 4.55. The second-order valence-electron chi connectivity index (χ2n) is 8.04. The minimum Gasteiger partial charge on any atom is -0.346 e. The van der Waals surface area contributed by atoms with E-state index in [0.29, 0.717) is 16.9 Å². The molecule has 0 aliphatic carbocycles. The van der Waals surface area contributed by atoms with Crippen molar-refractivity contribution in [3.63, 3.8) is 0 Å². The third-order valence-corrected chi connectivity index (χ3v) is 6.67. The average Bonchev–Trinajstić information content (AvgIpc) is 3.20. The number of para-hydroxylation sites is 1. The molecule has 1 amide bonds. The third-order valence-electron chi connectivity index (χ3n) is 5.27. The second kappa shape index (κ2) is 9.48. The summed E-state index contributed by atoms with van der Waals surface area (Å²) in [5.74, 6) is -0.304. The molecule has 4 aromatic rings. The monoisotopic (exact) mass is 462 g/mol. The number of hydrogen-bond acceptors (Lipinski definition) is 4. The number of anilines is 2. The van der Waals surface area contributed by atoms with Crippen LogP contribution in [0.5, 0.6) is 0 Å². The van der Waals surface area contributed by atoms with Gasteiger partial charge in [-0.1, -0.05) is 18.2 Å². The molecule has 3 aromatic carbocycles. The first-order valence-electron chi connectivity index (χ1n) is 10.5. The predicted molar refractivity (Wildman–Crippen MR) is 132 cm³/mol. The molecule has 1 heterocycles. The van der Waals surface area contributed by atoms with Crippen molar-refractivity contribution in [1.82, 2.24) is 9.47 Å². The molecule has 0 fully saturated rings. The van der Waals surface area contributed by atoms with Gasteiger partial charge < -0.3 is 14.8 Å². The van der Waals surface area contributed by atoms with Gasteiger partial charge in [0.1, 0.15) is 0 Å². The van der Waals surface area contributed by atoms with Gasteiger partial charge in [0.25, 0.3) is 15.9 Å². The molecule has 33 heavy (non-hydrogen) atoms. The number of benzene rings is 3. The Balaban J connectivity index is 1.45. The van der Waals surface area contributed by atoms with E-state index in [4.69, 9.17) is 0 Å². The van der Waals surface area contributed by atoms with Gasteiger partial charge in [-0.05, 0) is 74.8 Å². The zero-order valence-corrected chi connectivity index (χ0v) is 19.3. The number of amides is 1. The van der Waals surface area contributed by atoms with Gasteiger partial charge >= 0.3 is 0 Å². The van der Waals surface area contributed by atoms with Crippen molar-refractivity contribution in [3.05, 3.63) is 90.6 Å². The highest BCUT2D eigenvalue weighted by Gasteiger charge is 2.15. The number of carbonyl (C=O) groups excluding carboxylic acids is 1. The largest absolute Gasteiger partial charge is 0.346 e. The summed E-state index contributed by atoms with van der Waals surface area (Å²) in [6, 6.07) is 22.3. The van der Waals surface area contributed by atoms with E-state index in [-0.39, 0.29) is 10.8 Å². The van der Waals surface area contributed by atoms with Crippen molar-refractivity contribution in [1.29, 1.82) is 0 Å². The van der Waals surface area contributed by atoms with Crippen LogP contribution in [0.3, 0.4) is 0 Å². The molecular formula is C25H26N4O3S. The molecule has 0 unspecified atom stereocenters. The molecule has 0 aliphatic heterocycles. The third kappa shape index (κ3) is 5.42. The number of hydrogen-bond donors (Lipinski definition) is 2. The Morgan fingerprint density at radius 2 is 1.64 bits per heavy atom. The Bertz CT molecular complexity index is 1360. The van der Waals surface area contributed by atoms with E-state index in [1.54, 1.807) is 24.3 Å². The topological polar surface area (TPSA) is 83.4 Å². The van der Waals surface area contributed by atoms with E-state index in [1.807, 2.05) is 50.6 Å². The molecule has 2 N–H and O–H groups in total. The van der Waals surface area contributed by atoms with Gasteiger partial charge in [-0.15, -0.1) is 0 Å². The predicted octanol–water partition coefficient (Wildman–Crippen LogP) is 4.26. The number of nitrogens with zero attached hydrogens (tertiary/aromatic N) is 2. The molecule has 170 valence electrons. The molecule has 0 spiro atoms. The highest BCUT2D eigenvalue weighted by molar-refractivity contribution is 7.92. The first-order valence-corrected chi connectivity index (χ1v) is 12.0. The maximum Gasteiger partial charge on any atom is 0.261 e. The summed E-state index contributed by atoms with van der Waals surface area (Å²) in [5.41, 5.74) is 2.64. The van der Waals surface area contributed by atoms with Gasteiger partial charge in [0.2, 0.25) is 0 Å². The molecular weight excluding hydrogens is 436 g/mol.